The molecule has 0 atom stereocenters. The summed E-state index contributed by atoms with van der Waals surface area (Å²) < 4.78 is 7.01. The predicted molar refractivity (Wildman–Crippen MR) is 88.6 cm³/mol. The highest BCUT2D eigenvalue weighted by Gasteiger charge is 2.23. The minimum atomic E-state index is -1.19. The summed E-state index contributed by atoms with van der Waals surface area (Å²) in [5.41, 5.74) is -0.509. The van der Waals surface area contributed by atoms with E-state index in [0.29, 0.717) is 28.3 Å². The zero-order valence-corrected chi connectivity index (χ0v) is 13.6. The first-order valence-electron chi connectivity index (χ1n) is 7.67. The van der Waals surface area contributed by atoms with Crippen LogP contribution in [0.15, 0.2) is 23.0 Å². The minimum absolute atomic E-state index is 0.136. The number of aromatic carboxylic acids is 1. The van der Waals surface area contributed by atoms with Crippen LogP contribution < -0.4 is 10.3 Å². The largest absolute Gasteiger partial charge is 0.490 e. The van der Waals surface area contributed by atoms with E-state index in [1.54, 1.807) is 18.2 Å². The number of fused-ring (bicyclic) bond motifs is 1. The highest BCUT2D eigenvalue weighted by atomic mass is 35.5. The molecule has 1 aromatic heterocycles. The number of benzene rings is 1. The number of halogens is 1. The van der Waals surface area contributed by atoms with Crippen molar-refractivity contribution in [2.45, 2.75) is 25.7 Å². The third-order valence-electron chi connectivity index (χ3n) is 4.45. The number of carboxylic acid groups (broad SMARTS) is 1. The van der Waals surface area contributed by atoms with Crippen molar-refractivity contribution in [3.05, 3.63) is 39.3 Å². The van der Waals surface area contributed by atoms with Crippen molar-refractivity contribution in [3.8, 4) is 5.75 Å². The van der Waals surface area contributed by atoms with Gasteiger partial charge < -0.3 is 14.4 Å². The normalized spacial score (nSPS) is 15.2. The zero-order valence-electron chi connectivity index (χ0n) is 12.8. The van der Waals surface area contributed by atoms with Gasteiger partial charge in [0, 0.05) is 17.5 Å². The lowest BCUT2D eigenvalue weighted by Crippen LogP contribution is -2.25. The van der Waals surface area contributed by atoms with Crippen molar-refractivity contribution in [2.75, 3.05) is 6.61 Å². The second-order valence-corrected chi connectivity index (χ2v) is 6.43. The molecule has 0 radical (unpaired) electrons. The number of aromatic nitrogens is 1. The summed E-state index contributed by atoms with van der Waals surface area (Å²) in [6.07, 6.45) is 4.54. The van der Waals surface area contributed by atoms with Gasteiger partial charge in [-0.3, -0.25) is 4.79 Å². The van der Waals surface area contributed by atoms with Gasteiger partial charge in [-0.2, -0.15) is 0 Å². The Labute approximate surface area is 138 Å². The molecule has 5 nitrogen and oxygen atoms in total. The van der Waals surface area contributed by atoms with Crippen molar-refractivity contribution >= 4 is 28.3 Å². The lowest BCUT2D eigenvalue weighted by molar-refractivity contribution is 0.0679. The molecule has 1 fully saturated rings. The summed E-state index contributed by atoms with van der Waals surface area (Å²) in [6, 6.07) is 4.81. The number of hydrogen-bond donors (Lipinski definition) is 1. The molecule has 1 aromatic carbocycles. The van der Waals surface area contributed by atoms with Crippen LogP contribution >= 0.6 is 11.6 Å². The Balaban J connectivity index is 2.16. The number of carbonyl (C=O) groups is 1. The third-order valence-corrected chi connectivity index (χ3v) is 4.69. The van der Waals surface area contributed by atoms with Crippen LogP contribution in [0.25, 0.3) is 10.8 Å². The Morgan fingerprint density at radius 3 is 2.70 bits per heavy atom. The van der Waals surface area contributed by atoms with Gasteiger partial charge in [-0.1, -0.05) is 24.4 Å². The second kappa shape index (κ2) is 6.24. The second-order valence-electron chi connectivity index (χ2n) is 6.00. The Morgan fingerprint density at radius 2 is 2.04 bits per heavy atom. The molecule has 122 valence electrons. The third kappa shape index (κ3) is 2.93. The van der Waals surface area contributed by atoms with E-state index in [1.807, 2.05) is 0 Å². The molecule has 0 amide bonds. The van der Waals surface area contributed by atoms with Gasteiger partial charge >= 0.3 is 5.97 Å². The molecule has 1 aliphatic carbocycles. The number of hydrogen-bond acceptors (Lipinski definition) is 3. The molecule has 3 rings (SSSR count). The predicted octanol–water partition coefficient (Wildman–Crippen LogP) is 3.46. The number of rotatable bonds is 4. The molecule has 1 N–H and O–H groups in total. The molecular formula is C17H18ClNO4. The topological polar surface area (TPSA) is 68.5 Å². The SMILES string of the molecule is Cn1c(C(=O)O)c(OCC2CCCC2)c2cc(Cl)ccc2c1=O. The molecule has 2 aromatic rings. The number of nitrogens with zero attached hydrogens (tertiary/aromatic N) is 1. The zero-order chi connectivity index (χ0) is 16.6. The number of ether oxygens (including phenoxy) is 1. The van der Waals surface area contributed by atoms with Gasteiger partial charge in [-0.15, -0.1) is 0 Å². The van der Waals surface area contributed by atoms with Gasteiger partial charge in [0.15, 0.2) is 11.4 Å². The molecule has 0 bridgehead atoms. The Kier molecular flexibility index (Phi) is 4.31. The first kappa shape index (κ1) is 15.9. The van der Waals surface area contributed by atoms with Gasteiger partial charge in [-0.05, 0) is 37.0 Å². The average molecular weight is 336 g/mol. The van der Waals surface area contributed by atoms with Crippen LogP contribution in [0.5, 0.6) is 5.75 Å². The van der Waals surface area contributed by atoms with E-state index in [-0.39, 0.29) is 17.0 Å². The fourth-order valence-electron chi connectivity index (χ4n) is 3.22. The standard InChI is InChI=1S/C17H18ClNO4/c1-19-14(17(21)22)15(23-9-10-4-2-3-5-10)13-8-11(18)6-7-12(13)16(19)20/h6-8,10H,2-5,9H2,1H3,(H,21,22). The van der Waals surface area contributed by atoms with E-state index in [2.05, 4.69) is 0 Å². The van der Waals surface area contributed by atoms with Crippen molar-refractivity contribution < 1.29 is 14.6 Å². The Morgan fingerprint density at radius 1 is 1.35 bits per heavy atom. The molecule has 23 heavy (non-hydrogen) atoms. The lowest BCUT2D eigenvalue weighted by atomic mass is 10.1. The molecular weight excluding hydrogens is 318 g/mol. The average Bonchev–Trinajstić information content (AvgIpc) is 3.02. The number of pyridine rings is 1. The monoisotopic (exact) mass is 335 g/mol. The smallest absolute Gasteiger partial charge is 0.356 e. The summed E-state index contributed by atoms with van der Waals surface area (Å²) in [7, 11) is 1.45. The van der Waals surface area contributed by atoms with Crippen molar-refractivity contribution in [2.24, 2.45) is 13.0 Å². The van der Waals surface area contributed by atoms with E-state index in [0.717, 1.165) is 17.4 Å². The van der Waals surface area contributed by atoms with Crippen LogP contribution in [0.3, 0.4) is 0 Å². The minimum Gasteiger partial charge on any atom is -0.490 e. The fraction of sp³-hybridized carbons (Fsp3) is 0.412. The molecule has 0 spiro atoms. The highest BCUT2D eigenvalue weighted by Crippen LogP contribution is 2.32. The van der Waals surface area contributed by atoms with Crippen LogP contribution in [0.4, 0.5) is 0 Å². The van der Waals surface area contributed by atoms with Gasteiger partial charge in [0.1, 0.15) is 0 Å². The van der Waals surface area contributed by atoms with Crippen molar-refractivity contribution in [3.63, 3.8) is 0 Å². The van der Waals surface area contributed by atoms with Gasteiger partial charge in [0.25, 0.3) is 5.56 Å². The van der Waals surface area contributed by atoms with E-state index < -0.39 is 5.97 Å². The molecule has 0 aliphatic heterocycles. The maximum absolute atomic E-state index is 12.4. The maximum atomic E-state index is 12.4. The maximum Gasteiger partial charge on any atom is 0.356 e. The highest BCUT2D eigenvalue weighted by molar-refractivity contribution is 6.31. The quantitative estimate of drug-likeness (QED) is 0.929. The van der Waals surface area contributed by atoms with E-state index in [1.165, 1.54) is 19.9 Å². The summed E-state index contributed by atoms with van der Waals surface area (Å²) in [5.74, 6) is -0.528. The molecule has 1 aliphatic rings. The Hall–Kier alpha value is -2.01. The summed E-state index contributed by atoms with van der Waals surface area (Å²) in [5, 5.41) is 10.8. The molecule has 1 heterocycles. The van der Waals surface area contributed by atoms with Gasteiger partial charge in [-0.25, -0.2) is 4.79 Å². The first-order chi connectivity index (χ1) is 11.0. The molecule has 1 saturated carbocycles. The summed E-state index contributed by atoms with van der Waals surface area (Å²) in [4.78, 5) is 24.0. The van der Waals surface area contributed by atoms with Gasteiger partial charge in [0.2, 0.25) is 0 Å². The lowest BCUT2D eigenvalue weighted by Gasteiger charge is -2.17. The molecule has 0 unspecified atom stereocenters. The van der Waals surface area contributed by atoms with Crippen LogP contribution in [0.1, 0.15) is 36.2 Å². The fourth-order valence-corrected chi connectivity index (χ4v) is 3.39. The van der Waals surface area contributed by atoms with Crippen molar-refractivity contribution in [1.29, 1.82) is 0 Å². The Bertz CT molecular complexity index is 821. The van der Waals surface area contributed by atoms with Crippen molar-refractivity contribution in [1.82, 2.24) is 4.57 Å². The van der Waals surface area contributed by atoms with E-state index in [4.69, 9.17) is 16.3 Å². The summed E-state index contributed by atoms with van der Waals surface area (Å²) in [6.45, 7) is 0.458. The van der Waals surface area contributed by atoms with Gasteiger partial charge in [0.05, 0.1) is 12.0 Å². The van der Waals surface area contributed by atoms with Crippen LogP contribution in [0.2, 0.25) is 5.02 Å². The first-order valence-corrected chi connectivity index (χ1v) is 8.05. The van der Waals surface area contributed by atoms with Crippen LogP contribution in [0, 0.1) is 5.92 Å². The summed E-state index contributed by atoms with van der Waals surface area (Å²) >= 11 is 6.03. The van der Waals surface area contributed by atoms with E-state index in [9.17, 15) is 14.7 Å². The molecule has 0 saturated heterocycles. The van der Waals surface area contributed by atoms with Crippen LogP contribution in [-0.4, -0.2) is 22.2 Å². The van der Waals surface area contributed by atoms with Crippen LogP contribution in [-0.2, 0) is 7.05 Å². The number of carboxylic acids is 1. The molecule has 6 heteroatoms. The van der Waals surface area contributed by atoms with E-state index >= 15 is 0 Å².